The number of thiazole rings is 1. The first-order valence-electron chi connectivity index (χ1n) is 5.25. The molecule has 0 radical (unpaired) electrons. The Morgan fingerprint density at radius 3 is 3.06 bits per heavy atom. The van der Waals surface area contributed by atoms with Crippen LogP contribution in [-0.4, -0.2) is 11.5 Å². The molecular weight excluding hydrogens is 223 g/mol. The van der Waals surface area contributed by atoms with Crippen LogP contribution in [0.1, 0.15) is 13.3 Å². The van der Waals surface area contributed by atoms with Gasteiger partial charge in [-0.3, -0.25) is 0 Å². The van der Waals surface area contributed by atoms with E-state index in [2.05, 4.69) is 17.2 Å². The first kappa shape index (κ1) is 11.1. The predicted molar refractivity (Wildman–Crippen MR) is 66.3 cm³/mol. The molecule has 1 N–H and O–H groups in total. The summed E-state index contributed by atoms with van der Waals surface area (Å²) < 4.78 is 13.0. The van der Waals surface area contributed by atoms with Gasteiger partial charge in [-0.05, 0) is 18.6 Å². The zero-order valence-corrected chi connectivity index (χ0v) is 9.85. The molecule has 0 unspecified atom stereocenters. The normalized spacial score (nSPS) is 10.4. The minimum absolute atomic E-state index is 0.228. The molecule has 84 valence electrons. The first-order valence-corrected chi connectivity index (χ1v) is 6.13. The van der Waals surface area contributed by atoms with Crippen molar-refractivity contribution in [3.05, 3.63) is 35.5 Å². The van der Waals surface area contributed by atoms with Gasteiger partial charge in [0, 0.05) is 17.5 Å². The molecule has 0 fully saturated rings. The van der Waals surface area contributed by atoms with E-state index >= 15 is 0 Å². The first-order chi connectivity index (χ1) is 7.79. The van der Waals surface area contributed by atoms with Crippen molar-refractivity contribution < 1.29 is 4.39 Å². The maximum Gasteiger partial charge on any atom is 0.183 e. The minimum atomic E-state index is -0.228. The molecule has 2 aromatic rings. The van der Waals surface area contributed by atoms with Crippen molar-refractivity contribution >= 4 is 16.5 Å². The Balaban J connectivity index is 2.18. The van der Waals surface area contributed by atoms with Gasteiger partial charge in [0.2, 0.25) is 0 Å². The van der Waals surface area contributed by atoms with Gasteiger partial charge in [-0.1, -0.05) is 19.1 Å². The number of benzene rings is 1. The molecular formula is C12H13FN2S. The lowest BCUT2D eigenvalue weighted by Gasteiger charge is -1.98. The Bertz CT molecular complexity index is 468. The Labute approximate surface area is 98.2 Å². The van der Waals surface area contributed by atoms with Gasteiger partial charge in [0.1, 0.15) is 5.82 Å². The maximum atomic E-state index is 13.0. The van der Waals surface area contributed by atoms with Crippen molar-refractivity contribution in [2.24, 2.45) is 0 Å². The highest BCUT2D eigenvalue weighted by atomic mass is 32.1. The molecule has 0 amide bonds. The molecule has 1 aromatic heterocycles. The van der Waals surface area contributed by atoms with E-state index in [-0.39, 0.29) is 5.82 Å². The molecule has 0 atom stereocenters. The van der Waals surface area contributed by atoms with Gasteiger partial charge in [0.15, 0.2) is 5.13 Å². The van der Waals surface area contributed by atoms with Gasteiger partial charge in [0.05, 0.1) is 5.69 Å². The van der Waals surface area contributed by atoms with Crippen molar-refractivity contribution in [3.63, 3.8) is 0 Å². The Kier molecular flexibility index (Phi) is 3.51. The molecule has 1 heterocycles. The second-order valence-electron chi connectivity index (χ2n) is 3.48. The van der Waals surface area contributed by atoms with Gasteiger partial charge >= 0.3 is 0 Å². The highest BCUT2D eigenvalue weighted by molar-refractivity contribution is 7.14. The van der Waals surface area contributed by atoms with E-state index in [4.69, 9.17) is 0 Å². The molecule has 2 rings (SSSR count). The highest BCUT2D eigenvalue weighted by Crippen LogP contribution is 2.25. The summed E-state index contributed by atoms with van der Waals surface area (Å²) in [6.07, 6.45) is 1.06. The van der Waals surface area contributed by atoms with Crippen molar-refractivity contribution in [3.8, 4) is 11.3 Å². The number of rotatable bonds is 4. The van der Waals surface area contributed by atoms with Crippen molar-refractivity contribution in [1.82, 2.24) is 4.98 Å². The van der Waals surface area contributed by atoms with E-state index < -0.39 is 0 Å². The summed E-state index contributed by atoms with van der Waals surface area (Å²) in [5, 5.41) is 6.04. The van der Waals surface area contributed by atoms with Crippen molar-refractivity contribution in [2.75, 3.05) is 11.9 Å². The number of hydrogen-bond acceptors (Lipinski definition) is 3. The molecule has 0 aliphatic carbocycles. The third-order valence-corrected chi connectivity index (χ3v) is 2.95. The summed E-state index contributed by atoms with van der Waals surface area (Å²) in [4.78, 5) is 4.40. The van der Waals surface area contributed by atoms with E-state index in [1.54, 1.807) is 17.4 Å². The maximum absolute atomic E-state index is 13.0. The fourth-order valence-corrected chi connectivity index (χ4v) is 2.12. The molecule has 0 spiro atoms. The summed E-state index contributed by atoms with van der Waals surface area (Å²) in [5.74, 6) is -0.228. The van der Waals surface area contributed by atoms with Crippen LogP contribution >= 0.6 is 11.3 Å². The van der Waals surface area contributed by atoms with Crippen molar-refractivity contribution in [1.29, 1.82) is 0 Å². The second-order valence-corrected chi connectivity index (χ2v) is 4.33. The summed E-state index contributed by atoms with van der Waals surface area (Å²) in [6.45, 7) is 3.02. The SMILES string of the molecule is CCCNc1nc(-c2cccc(F)c2)cs1. The van der Waals surface area contributed by atoms with E-state index in [0.29, 0.717) is 0 Å². The van der Waals surface area contributed by atoms with Crippen LogP contribution in [0.3, 0.4) is 0 Å². The lowest BCUT2D eigenvalue weighted by Crippen LogP contribution is -1.98. The number of nitrogens with zero attached hydrogens (tertiary/aromatic N) is 1. The van der Waals surface area contributed by atoms with Crippen LogP contribution in [0.5, 0.6) is 0 Å². The number of hydrogen-bond donors (Lipinski definition) is 1. The molecule has 0 aliphatic rings. The average molecular weight is 236 g/mol. The highest BCUT2D eigenvalue weighted by Gasteiger charge is 2.04. The summed E-state index contributed by atoms with van der Waals surface area (Å²) in [5.41, 5.74) is 1.64. The van der Waals surface area contributed by atoms with Crippen LogP contribution in [0.15, 0.2) is 29.6 Å². The topological polar surface area (TPSA) is 24.9 Å². The van der Waals surface area contributed by atoms with Crippen LogP contribution in [0.2, 0.25) is 0 Å². The van der Waals surface area contributed by atoms with Gasteiger partial charge in [-0.25, -0.2) is 9.37 Å². The standard InChI is InChI=1S/C12H13FN2S/c1-2-6-14-12-15-11(8-16-12)9-4-3-5-10(13)7-9/h3-5,7-8H,2,6H2,1H3,(H,14,15). The van der Waals surface area contributed by atoms with Crippen molar-refractivity contribution in [2.45, 2.75) is 13.3 Å². The molecule has 16 heavy (non-hydrogen) atoms. The second kappa shape index (κ2) is 5.07. The average Bonchev–Trinajstić information content (AvgIpc) is 2.75. The van der Waals surface area contributed by atoms with Crippen LogP contribution in [0.25, 0.3) is 11.3 Å². The molecule has 0 aliphatic heterocycles. The zero-order chi connectivity index (χ0) is 11.4. The van der Waals surface area contributed by atoms with Gasteiger partial charge in [-0.2, -0.15) is 0 Å². The van der Waals surface area contributed by atoms with Crippen LogP contribution < -0.4 is 5.32 Å². The minimum Gasteiger partial charge on any atom is -0.362 e. The number of halogens is 1. The third kappa shape index (κ3) is 2.58. The summed E-state index contributed by atoms with van der Waals surface area (Å²) in [6, 6.07) is 6.50. The summed E-state index contributed by atoms with van der Waals surface area (Å²) >= 11 is 1.55. The Morgan fingerprint density at radius 1 is 1.44 bits per heavy atom. The number of nitrogens with one attached hydrogen (secondary N) is 1. The molecule has 0 bridgehead atoms. The van der Waals surface area contributed by atoms with Gasteiger partial charge in [0.25, 0.3) is 0 Å². The lowest BCUT2D eigenvalue weighted by atomic mass is 10.2. The van der Waals surface area contributed by atoms with E-state index in [0.717, 1.165) is 29.4 Å². The van der Waals surface area contributed by atoms with Crippen LogP contribution in [-0.2, 0) is 0 Å². The largest absolute Gasteiger partial charge is 0.362 e. The molecule has 0 saturated heterocycles. The molecule has 2 nitrogen and oxygen atoms in total. The predicted octanol–water partition coefficient (Wildman–Crippen LogP) is 3.77. The lowest BCUT2D eigenvalue weighted by molar-refractivity contribution is 0.628. The summed E-state index contributed by atoms with van der Waals surface area (Å²) in [7, 11) is 0. The smallest absolute Gasteiger partial charge is 0.183 e. The molecule has 0 saturated carbocycles. The monoisotopic (exact) mass is 236 g/mol. The van der Waals surface area contributed by atoms with E-state index in [1.807, 2.05) is 11.4 Å². The Hall–Kier alpha value is -1.42. The van der Waals surface area contributed by atoms with Crippen LogP contribution in [0.4, 0.5) is 9.52 Å². The molecule has 4 heteroatoms. The number of anilines is 1. The zero-order valence-electron chi connectivity index (χ0n) is 9.03. The quantitative estimate of drug-likeness (QED) is 0.874. The third-order valence-electron chi connectivity index (χ3n) is 2.15. The number of aromatic nitrogens is 1. The van der Waals surface area contributed by atoms with Gasteiger partial charge < -0.3 is 5.32 Å². The fourth-order valence-electron chi connectivity index (χ4n) is 1.37. The van der Waals surface area contributed by atoms with Crippen LogP contribution in [0, 0.1) is 5.82 Å². The fraction of sp³-hybridized carbons (Fsp3) is 0.250. The van der Waals surface area contributed by atoms with E-state index in [1.165, 1.54) is 12.1 Å². The van der Waals surface area contributed by atoms with Gasteiger partial charge in [-0.15, -0.1) is 11.3 Å². The Morgan fingerprint density at radius 2 is 2.31 bits per heavy atom. The van der Waals surface area contributed by atoms with E-state index in [9.17, 15) is 4.39 Å². The molecule has 1 aromatic carbocycles.